The Bertz CT molecular complexity index is 1180. The van der Waals surface area contributed by atoms with Crippen molar-refractivity contribution in [3.63, 3.8) is 0 Å². The molecule has 0 heterocycles. The van der Waals surface area contributed by atoms with Crippen LogP contribution in [-0.2, 0) is 0 Å². The van der Waals surface area contributed by atoms with E-state index in [1.54, 1.807) is 30.3 Å². The first-order valence-electron chi connectivity index (χ1n) is 9.67. The van der Waals surface area contributed by atoms with E-state index in [-0.39, 0.29) is 17.0 Å². The number of benzene rings is 3. The first kappa shape index (κ1) is 23.7. The van der Waals surface area contributed by atoms with E-state index in [1.165, 1.54) is 52.7 Å². The molecule has 0 unspecified atom stereocenters. The van der Waals surface area contributed by atoms with E-state index in [9.17, 15) is 9.59 Å². The minimum absolute atomic E-state index is 0.119. The van der Waals surface area contributed by atoms with Gasteiger partial charge in [-0.3, -0.25) is 4.79 Å². The highest BCUT2D eigenvalue weighted by Gasteiger charge is 2.18. The molecular weight excluding hydrogens is 450 g/mol. The topological polar surface area (TPSA) is 92.3 Å². The van der Waals surface area contributed by atoms with Crippen LogP contribution in [0.1, 0.15) is 20.7 Å². The Morgan fingerprint density at radius 1 is 0.667 bits per heavy atom. The lowest BCUT2D eigenvalue weighted by atomic mass is 10.1. The van der Waals surface area contributed by atoms with Crippen molar-refractivity contribution in [1.82, 2.24) is 0 Å². The quantitative estimate of drug-likeness (QED) is 0.371. The average molecular weight is 472 g/mol. The van der Waals surface area contributed by atoms with Crippen LogP contribution in [0.15, 0.2) is 54.6 Å². The lowest BCUT2D eigenvalue weighted by molar-refractivity contribution is 0.0734. The molecule has 3 aromatic carbocycles. The largest absolute Gasteiger partial charge is 0.493 e. The Balaban J connectivity index is 1.85. The highest BCUT2D eigenvalue weighted by Crippen LogP contribution is 2.32. The number of methoxy groups -OCH3 is 4. The minimum atomic E-state index is -0.653. The van der Waals surface area contributed by atoms with Gasteiger partial charge in [-0.05, 0) is 54.6 Å². The summed E-state index contributed by atoms with van der Waals surface area (Å²) in [6.07, 6.45) is 0. The maximum Gasteiger partial charge on any atom is 0.343 e. The monoisotopic (exact) mass is 471 g/mol. The fraction of sp³-hybridized carbons (Fsp3) is 0.167. The molecule has 0 aromatic heterocycles. The molecule has 0 saturated heterocycles. The predicted molar refractivity (Wildman–Crippen MR) is 123 cm³/mol. The first-order chi connectivity index (χ1) is 15.9. The molecule has 8 nitrogen and oxygen atoms in total. The standard InChI is InChI=1S/C24H22ClNO7/c1-29-19-8-5-14(11-21(19)31-3)23(27)26-17-13-16(25)7-10-18(17)33-24(28)15-6-9-20(30-2)22(12-15)32-4/h5-13H,1-4H3,(H,26,27). The summed E-state index contributed by atoms with van der Waals surface area (Å²) in [5.41, 5.74) is 0.765. The third kappa shape index (κ3) is 5.48. The van der Waals surface area contributed by atoms with Crippen LogP contribution in [0.5, 0.6) is 28.7 Å². The molecule has 1 N–H and O–H groups in total. The van der Waals surface area contributed by atoms with Crippen molar-refractivity contribution in [2.24, 2.45) is 0 Å². The van der Waals surface area contributed by atoms with Crippen molar-refractivity contribution in [3.05, 3.63) is 70.7 Å². The second-order valence-electron chi connectivity index (χ2n) is 6.62. The fourth-order valence-corrected chi connectivity index (χ4v) is 3.15. The number of esters is 1. The highest BCUT2D eigenvalue weighted by atomic mass is 35.5. The molecule has 1 amide bonds. The summed E-state index contributed by atoms with van der Waals surface area (Å²) in [5, 5.41) is 3.06. The predicted octanol–water partition coefficient (Wildman–Crippen LogP) is 4.85. The summed E-state index contributed by atoms with van der Waals surface area (Å²) in [7, 11) is 5.94. The molecule has 172 valence electrons. The lowest BCUT2D eigenvalue weighted by Gasteiger charge is -2.14. The zero-order chi connectivity index (χ0) is 24.0. The Morgan fingerprint density at radius 2 is 1.18 bits per heavy atom. The molecule has 9 heteroatoms. The van der Waals surface area contributed by atoms with Crippen LogP contribution in [0.2, 0.25) is 5.02 Å². The number of ether oxygens (including phenoxy) is 5. The Kier molecular flexibility index (Phi) is 7.63. The van der Waals surface area contributed by atoms with E-state index in [4.69, 9.17) is 35.3 Å². The highest BCUT2D eigenvalue weighted by molar-refractivity contribution is 6.31. The molecular formula is C24H22ClNO7. The van der Waals surface area contributed by atoms with E-state index in [2.05, 4.69) is 5.32 Å². The number of rotatable bonds is 8. The molecule has 0 atom stereocenters. The lowest BCUT2D eigenvalue weighted by Crippen LogP contribution is -2.15. The van der Waals surface area contributed by atoms with Crippen molar-refractivity contribution in [2.45, 2.75) is 0 Å². The summed E-state index contributed by atoms with van der Waals surface area (Å²) >= 11 is 6.10. The number of halogens is 1. The second-order valence-corrected chi connectivity index (χ2v) is 7.06. The van der Waals surface area contributed by atoms with Gasteiger partial charge >= 0.3 is 5.97 Å². The molecule has 0 aliphatic heterocycles. The van der Waals surface area contributed by atoms with Crippen LogP contribution in [0.3, 0.4) is 0 Å². The summed E-state index contributed by atoms with van der Waals surface area (Å²) in [6.45, 7) is 0. The first-order valence-corrected chi connectivity index (χ1v) is 10.0. The molecule has 0 bridgehead atoms. The molecule has 0 saturated carbocycles. The smallest absolute Gasteiger partial charge is 0.343 e. The maximum absolute atomic E-state index is 12.8. The normalized spacial score (nSPS) is 10.2. The van der Waals surface area contributed by atoms with Crippen LogP contribution < -0.4 is 29.0 Å². The van der Waals surface area contributed by atoms with Gasteiger partial charge < -0.3 is 29.0 Å². The zero-order valence-corrected chi connectivity index (χ0v) is 19.2. The number of hydrogen-bond donors (Lipinski definition) is 1. The zero-order valence-electron chi connectivity index (χ0n) is 18.4. The van der Waals surface area contributed by atoms with Crippen molar-refractivity contribution in [1.29, 1.82) is 0 Å². The van der Waals surface area contributed by atoms with E-state index < -0.39 is 11.9 Å². The van der Waals surface area contributed by atoms with Gasteiger partial charge in [0.05, 0.1) is 39.7 Å². The van der Waals surface area contributed by atoms with Gasteiger partial charge in [0.2, 0.25) is 0 Å². The summed E-state index contributed by atoms with van der Waals surface area (Å²) in [5.74, 6) is 0.751. The third-order valence-electron chi connectivity index (χ3n) is 4.66. The van der Waals surface area contributed by atoms with Gasteiger partial charge in [0, 0.05) is 10.6 Å². The van der Waals surface area contributed by atoms with E-state index in [0.717, 1.165) is 0 Å². The molecule has 0 aliphatic carbocycles. The maximum atomic E-state index is 12.8. The van der Waals surface area contributed by atoms with Gasteiger partial charge in [-0.25, -0.2) is 4.79 Å². The van der Waals surface area contributed by atoms with Crippen molar-refractivity contribution in [2.75, 3.05) is 33.8 Å². The van der Waals surface area contributed by atoms with Crippen LogP contribution >= 0.6 is 11.6 Å². The van der Waals surface area contributed by atoms with Crippen molar-refractivity contribution in [3.8, 4) is 28.7 Å². The number of anilines is 1. The van der Waals surface area contributed by atoms with Gasteiger partial charge in [0.15, 0.2) is 28.7 Å². The molecule has 3 rings (SSSR count). The van der Waals surface area contributed by atoms with Crippen molar-refractivity contribution >= 4 is 29.2 Å². The van der Waals surface area contributed by atoms with Crippen molar-refractivity contribution < 1.29 is 33.3 Å². The average Bonchev–Trinajstić information content (AvgIpc) is 2.84. The Labute approximate surface area is 195 Å². The molecule has 0 aliphatic rings. The second kappa shape index (κ2) is 10.6. The van der Waals surface area contributed by atoms with Gasteiger partial charge in [-0.2, -0.15) is 0 Å². The SMILES string of the molecule is COc1ccc(C(=O)Nc2cc(Cl)ccc2OC(=O)c2ccc(OC)c(OC)c2)cc1OC. The van der Waals surface area contributed by atoms with Gasteiger partial charge in [-0.15, -0.1) is 0 Å². The molecule has 0 fully saturated rings. The third-order valence-corrected chi connectivity index (χ3v) is 4.89. The molecule has 0 spiro atoms. The van der Waals surface area contributed by atoms with Gasteiger partial charge in [-0.1, -0.05) is 11.6 Å². The summed E-state index contributed by atoms with van der Waals surface area (Å²) < 4.78 is 26.4. The van der Waals surface area contributed by atoms with E-state index >= 15 is 0 Å². The molecule has 0 radical (unpaired) electrons. The van der Waals surface area contributed by atoms with Gasteiger partial charge in [0.25, 0.3) is 5.91 Å². The van der Waals surface area contributed by atoms with Crippen LogP contribution in [-0.4, -0.2) is 40.3 Å². The number of hydrogen-bond acceptors (Lipinski definition) is 7. The minimum Gasteiger partial charge on any atom is -0.493 e. The summed E-state index contributed by atoms with van der Waals surface area (Å²) in [6, 6.07) is 13.9. The van der Waals surface area contributed by atoms with Gasteiger partial charge in [0.1, 0.15) is 0 Å². The Morgan fingerprint density at radius 3 is 1.76 bits per heavy atom. The Hall–Kier alpha value is -3.91. The van der Waals surface area contributed by atoms with E-state index in [1.807, 2.05) is 0 Å². The summed E-state index contributed by atoms with van der Waals surface area (Å²) in [4.78, 5) is 25.6. The van der Waals surface area contributed by atoms with Crippen LogP contribution in [0.25, 0.3) is 0 Å². The van der Waals surface area contributed by atoms with E-state index in [0.29, 0.717) is 33.6 Å². The molecule has 3 aromatic rings. The fourth-order valence-electron chi connectivity index (χ4n) is 2.98. The number of carbonyl (C=O) groups excluding carboxylic acids is 2. The number of nitrogens with one attached hydrogen (secondary N) is 1. The van der Waals surface area contributed by atoms with Crippen LogP contribution in [0, 0.1) is 0 Å². The number of carbonyl (C=O) groups is 2. The van der Waals surface area contributed by atoms with Crippen LogP contribution in [0.4, 0.5) is 5.69 Å². The number of amides is 1. The molecule has 33 heavy (non-hydrogen) atoms.